The maximum absolute atomic E-state index is 12.7. The van der Waals surface area contributed by atoms with Crippen LogP contribution in [0.1, 0.15) is 46.5 Å². The van der Waals surface area contributed by atoms with Gasteiger partial charge in [0.1, 0.15) is 17.9 Å². The molecular weight excluding hydrogens is 370 g/mol. The van der Waals surface area contributed by atoms with Crippen molar-refractivity contribution in [1.82, 2.24) is 9.96 Å². The molecule has 0 N–H and O–H groups in total. The van der Waals surface area contributed by atoms with Crippen LogP contribution in [-0.2, 0) is 28.6 Å². The van der Waals surface area contributed by atoms with Gasteiger partial charge in [-0.25, -0.2) is 24.5 Å². The van der Waals surface area contributed by atoms with E-state index in [1.165, 1.54) is 19.3 Å². The Balaban J connectivity index is 2.36. The lowest BCUT2D eigenvalue weighted by molar-refractivity contribution is -0.206. The monoisotopic (exact) mass is 399 g/mol. The summed E-state index contributed by atoms with van der Waals surface area (Å²) in [5, 5.41) is 1.31. The summed E-state index contributed by atoms with van der Waals surface area (Å²) in [6, 6.07) is -0.447. The molecule has 2 aliphatic heterocycles. The third kappa shape index (κ3) is 4.73. The number of hydroxylamine groups is 2. The fourth-order valence-electron chi connectivity index (χ4n) is 3.23. The number of likely N-dealkylation sites (N-methyl/N-ethyl adjacent to an activating group) is 1. The molecule has 158 valence electrons. The maximum atomic E-state index is 12.7. The number of hydrogen-bond acceptors (Lipinski definition) is 9. The first-order valence-electron chi connectivity index (χ1n) is 9.20. The van der Waals surface area contributed by atoms with Crippen molar-refractivity contribution >= 4 is 23.9 Å². The van der Waals surface area contributed by atoms with Crippen LogP contribution in [0, 0.1) is 0 Å². The summed E-state index contributed by atoms with van der Waals surface area (Å²) < 4.78 is 15.0. The Bertz CT molecular complexity index is 658. The maximum Gasteiger partial charge on any atom is 0.410 e. The summed E-state index contributed by atoms with van der Waals surface area (Å²) in [5.74, 6) is -1.13. The fraction of sp³-hybridized carbons (Fsp3) is 0.778. The Morgan fingerprint density at radius 1 is 1.21 bits per heavy atom. The Kier molecular flexibility index (Phi) is 6.53. The van der Waals surface area contributed by atoms with Crippen LogP contribution in [0.5, 0.6) is 0 Å². The van der Waals surface area contributed by atoms with E-state index in [4.69, 9.17) is 14.3 Å². The van der Waals surface area contributed by atoms with E-state index in [9.17, 15) is 14.4 Å². The predicted molar refractivity (Wildman–Crippen MR) is 98.2 cm³/mol. The van der Waals surface area contributed by atoms with Crippen molar-refractivity contribution in [2.24, 2.45) is 4.99 Å². The number of carbonyl (C=O) groups is 3. The van der Waals surface area contributed by atoms with Gasteiger partial charge in [0.05, 0.1) is 20.3 Å². The van der Waals surface area contributed by atoms with Crippen molar-refractivity contribution in [2.45, 2.75) is 63.8 Å². The van der Waals surface area contributed by atoms with Gasteiger partial charge in [0.25, 0.3) is 5.72 Å². The molecule has 1 amide bonds. The van der Waals surface area contributed by atoms with Crippen molar-refractivity contribution in [3.05, 3.63) is 0 Å². The van der Waals surface area contributed by atoms with E-state index < -0.39 is 41.8 Å². The standard InChI is InChI=1S/C18H29N3O7/c1-17(2,3)27-16(24)21-10-8-7-9-12(21)14-19-18(15(23)26-6,28-20(14)4)11-13(22)25-5/h12H,7-11H2,1-6H3. The molecule has 2 aliphatic rings. The van der Waals surface area contributed by atoms with Crippen molar-refractivity contribution < 1.29 is 33.4 Å². The zero-order valence-corrected chi connectivity index (χ0v) is 17.3. The number of aliphatic imine (C=N–C) groups is 1. The highest BCUT2D eigenvalue weighted by Gasteiger charge is 2.52. The largest absolute Gasteiger partial charge is 0.469 e. The van der Waals surface area contributed by atoms with Crippen LogP contribution in [0.2, 0.25) is 0 Å². The third-order valence-corrected chi connectivity index (χ3v) is 4.45. The number of likely N-dealkylation sites (tertiary alicyclic amines) is 1. The first kappa shape index (κ1) is 21.9. The van der Waals surface area contributed by atoms with Crippen LogP contribution in [0.3, 0.4) is 0 Å². The molecule has 2 rings (SSSR count). The van der Waals surface area contributed by atoms with Gasteiger partial charge in [-0.05, 0) is 40.0 Å². The molecule has 0 aromatic carbocycles. The van der Waals surface area contributed by atoms with Gasteiger partial charge in [0, 0.05) is 13.6 Å². The average molecular weight is 399 g/mol. The fourth-order valence-corrected chi connectivity index (χ4v) is 3.23. The average Bonchev–Trinajstić information content (AvgIpc) is 2.96. The molecule has 28 heavy (non-hydrogen) atoms. The molecule has 0 radical (unpaired) electrons. The number of rotatable bonds is 4. The second-order valence-corrected chi connectivity index (χ2v) is 7.77. The second kappa shape index (κ2) is 8.34. The summed E-state index contributed by atoms with van der Waals surface area (Å²) in [6.45, 7) is 5.88. The van der Waals surface area contributed by atoms with Gasteiger partial charge in [-0.1, -0.05) is 0 Å². The van der Waals surface area contributed by atoms with Crippen molar-refractivity contribution in [2.75, 3.05) is 27.8 Å². The van der Waals surface area contributed by atoms with Crippen LogP contribution >= 0.6 is 0 Å². The molecule has 0 aromatic heterocycles. The summed E-state index contributed by atoms with van der Waals surface area (Å²) >= 11 is 0. The normalized spacial score (nSPS) is 25.2. The molecule has 2 heterocycles. The topological polar surface area (TPSA) is 107 Å². The quantitative estimate of drug-likeness (QED) is 0.517. The third-order valence-electron chi connectivity index (χ3n) is 4.45. The zero-order valence-electron chi connectivity index (χ0n) is 17.3. The van der Waals surface area contributed by atoms with Gasteiger partial charge in [-0.3, -0.25) is 9.69 Å². The minimum Gasteiger partial charge on any atom is -0.469 e. The molecule has 0 spiro atoms. The van der Waals surface area contributed by atoms with E-state index in [1.54, 1.807) is 32.7 Å². The number of piperidine rings is 1. The highest BCUT2D eigenvalue weighted by molar-refractivity contribution is 5.96. The van der Waals surface area contributed by atoms with E-state index in [1.807, 2.05) is 0 Å². The number of ether oxygens (including phenoxy) is 3. The summed E-state index contributed by atoms with van der Waals surface area (Å²) in [4.78, 5) is 48.5. The van der Waals surface area contributed by atoms with Gasteiger partial charge in [-0.15, -0.1) is 0 Å². The number of hydrogen-bond donors (Lipinski definition) is 0. The molecule has 0 aliphatic carbocycles. The predicted octanol–water partition coefficient (Wildman–Crippen LogP) is 1.48. The van der Waals surface area contributed by atoms with Crippen molar-refractivity contribution in [1.29, 1.82) is 0 Å². The lowest BCUT2D eigenvalue weighted by atomic mass is 10.0. The highest BCUT2D eigenvalue weighted by Crippen LogP contribution is 2.32. The van der Waals surface area contributed by atoms with Gasteiger partial charge >= 0.3 is 18.0 Å². The van der Waals surface area contributed by atoms with E-state index in [-0.39, 0.29) is 0 Å². The highest BCUT2D eigenvalue weighted by atomic mass is 16.7. The molecule has 10 nitrogen and oxygen atoms in total. The SMILES string of the molecule is COC(=O)CC1(C(=O)OC)N=C(C2CCCCN2C(=O)OC(C)(C)C)N(C)O1. The van der Waals surface area contributed by atoms with Crippen LogP contribution < -0.4 is 0 Å². The van der Waals surface area contributed by atoms with Crippen molar-refractivity contribution in [3.63, 3.8) is 0 Å². The molecule has 1 saturated heterocycles. The summed E-state index contributed by atoms with van der Waals surface area (Å²) in [7, 11) is 3.97. The molecule has 2 unspecified atom stereocenters. The van der Waals surface area contributed by atoms with Crippen LogP contribution in [0.25, 0.3) is 0 Å². The number of amides is 1. The molecular formula is C18H29N3O7. The number of esters is 2. The van der Waals surface area contributed by atoms with E-state index >= 15 is 0 Å². The van der Waals surface area contributed by atoms with Crippen LogP contribution in [0.4, 0.5) is 4.79 Å². The Labute approximate surface area is 164 Å². The van der Waals surface area contributed by atoms with Crippen LogP contribution in [-0.4, -0.2) is 79.0 Å². The molecule has 0 saturated carbocycles. The van der Waals surface area contributed by atoms with E-state index in [0.29, 0.717) is 18.8 Å². The number of carbonyl (C=O) groups excluding carboxylic acids is 3. The molecule has 10 heteroatoms. The Morgan fingerprint density at radius 3 is 2.46 bits per heavy atom. The second-order valence-electron chi connectivity index (χ2n) is 7.77. The van der Waals surface area contributed by atoms with Gasteiger partial charge in [0.2, 0.25) is 0 Å². The zero-order chi connectivity index (χ0) is 21.1. The lowest BCUT2D eigenvalue weighted by Crippen LogP contribution is -2.52. The molecule has 2 atom stereocenters. The molecule has 0 bridgehead atoms. The number of amidine groups is 1. The smallest absolute Gasteiger partial charge is 0.410 e. The summed E-state index contributed by atoms with van der Waals surface area (Å²) in [5.41, 5.74) is -2.51. The molecule has 1 fully saturated rings. The molecule has 0 aromatic rings. The number of methoxy groups -OCH3 is 2. The lowest BCUT2D eigenvalue weighted by Gasteiger charge is -2.37. The van der Waals surface area contributed by atoms with Gasteiger partial charge in [0.15, 0.2) is 0 Å². The van der Waals surface area contributed by atoms with E-state index in [0.717, 1.165) is 12.8 Å². The van der Waals surface area contributed by atoms with Gasteiger partial charge < -0.3 is 14.2 Å². The van der Waals surface area contributed by atoms with Crippen LogP contribution in [0.15, 0.2) is 4.99 Å². The first-order valence-corrected chi connectivity index (χ1v) is 9.20. The Hall–Kier alpha value is -2.36. The van der Waals surface area contributed by atoms with E-state index in [2.05, 4.69) is 9.73 Å². The summed E-state index contributed by atoms with van der Waals surface area (Å²) in [6.07, 6.45) is 1.43. The minimum absolute atomic E-state index is 0.361. The first-order chi connectivity index (χ1) is 13.0. The number of nitrogens with zero attached hydrogens (tertiary/aromatic N) is 3. The van der Waals surface area contributed by atoms with Crippen molar-refractivity contribution in [3.8, 4) is 0 Å². The minimum atomic E-state index is -1.87. The van der Waals surface area contributed by atoms with Gasteiger partial charge in [-0.2, -0.15) is 0 Å². The Morgan fingerprint density at radius 2 is 1.89 bits per heavy atom.